The van der Waals surface area contributed by atoms with Crippen molar-refractivity contribution < 1.29 is 14.3 Å². The lowest BCUT2D eigenvalue weighted by Crippen LogP contribution is -2.33. The molecule has 1 amide bonds. The number of rotatable bonds is 2. The second-order valence-electron chi connectivity index (χ2n) is 5.33. The van der Waals surface area contributed by atoms with Gasteiger partial charge in [0.15, 0.2) is 0 Å². The van der Waals surface area contributed by atoms with E-state index in [-0.39, 0.29) is 24.4 Å². The van der Waals surface area contributed by atoms with E-state index in [9.17, 15) is 9.59 Å². The summed E-state index contributed by atoms with van der Waals surface area (Å²) in [5.74, 6) is -0.405. The molecule has 1 N–H and O–H groups in total. The van der Waals surface area contributed by atoms with Crippen LogP contribution >= 0.6 is 0 Å². The van der Waals surface area contributed by atoms with Gasteiger partial charge in [-0.2, -0.15) is 0 Å². The van der Waals surface area contributed by atoms with E-state index < -0.39 is 5.41 Å². The fourth-order valence-corrected chi connectivity index (χ4v) is 1.55. The zero-order chi connectivity index (χ0) is 12.2. The molecule has 1 atom stereocenters. The molecule has 0 bridgehead atoms. The molecule has 0 saturated carbocycles. The molecule has 0 aliphatic carbocycles. The molecule has 16 heavy (non-hydrogen) atoms. The van der Waals surface area contributed by atoms with Crippen molar-refractivity contribution in [2.45, 2.75) is 40.0 Å². The molecule has 0 spiro atoms. The van der Waals surface area contributed by atoms with Gasteiger partial charge in [0.25, 0.3) is 0 Å². The number of amides is 1. The number of ether oxygens (including phenoxy) is 1. The lowest BCUT2D eigenvalue weighted by molar-refractivity contribution is -0.155. The number of nitrogens with one attached hydrogen (secondary N) is 1. The van der Waals surface area contributed by atoms with Crippen molar-refractivity contribution >= 4 is 11.9 Å². The van der Waals surface area contributed by atoms with E-state index in [4.69, 9.17) is 4.74 Å². The first kappa shape index (κ1) is 13.0. The Bertz CT molecular complexity index is 268. The number of esters is 1. The Morgan fingerprint density at radius 2 is 2.12 bits per heavy atom. The topological polar surface area (TPSA) is 55.4 Å². The van der Waals surface area contributed by atoms with E-state index in [1.807, 2.05) is 20.8 Å². The average molecular weight is 227 g/mol. The van der Waals surface area contributed by atoms with E-state index in [0.29, 0.717) is 0 Å². The Balaban J connectivity index is 2.41. The second-order valence-corrected chi connectivity index (χ2v) is 5.33. The van der Waals surface area contributed by atoms with E-state index >= 15 is 0 Å². The van der Waals surface area contributed by atoms with Gasteiger partial charge in [0, 0.05) is 6.54 Å². The standard InChI is InChI=1S/C12H21NO3/c1-12(2,3)11(15)16-8-9-6-4-5-7-13-10(9)14/h9H,4-8H2,1-3H3,(H,13,14). The predicted molar refractivity (Wildman–Crippen MR) is 60.8 cm³/mol. The number of hydrogen-bond acceptors (Lipinski definition) is 3. The molecule has 1 unspecified atom stereocenters. The van der Waals surface area contributed by atoms with Crippen molar-refractivity contribution in [3.8, 4) is 0 Å². The van der Waals surface area contributed by atoms with Crippen LogP contribution in [-0.4, -0.2) is 25.0 Å². The van der Waals surface area contributed by atoms with Gasteiger partial charge in [-0.1, -0.05) is 6.42 Å². The summed E-state index contributed by atoms with van der Waals surface area (Å²) < 4.78 is 5.17. The minimum Gasteiger partial charge on any atom is -0.464 e. The highest BCUT2D eigenvalue weighted by Gasteiger charge is 2.27. The molecule has 4 nitrogen and oxygen atoms in total. The van der Waals surface area contributed by atoms with Crippen LogP contribution in [0.4, 0.5) is 0 Å². The molecule has 0 radical (unpaired) electrons. The number of hydrogen-bond donors (Lipinski definition) is 1. The van der Waals surface area contributed by atoms with Crippen molar-refractivity contribution in [2.75, 3.05) is 13.2 Å². The third-order valence-corrected chi connectivity index (χ3v) is 2.68. The van der Waals surface area contributed by atoms with Crippen molar-refractivity contribution in [2.24, 2.45) is 11.3 Å². The molecule has 4 heteroatoms. The Kier molecular flexibility index (Phi) is 4.33. The molecular weight excluding hydrogens is 206 g/mol. The first-order chi connectivity index (χ1) is 7.41. The van der Waals surface area contributed by atoms with E-state index in [0.717, 1.165) is 25.8 Å². The summed E-state index contributed by atoms with van der Waals surface area (Å²) in [6, 6.07) is 0. The molecule has 1 fully saturated rings. The molecular formula is C12H21NO3. The van der Waals surface area contributed by atoms with E-state index in [1.165, 1.54) is 0 Å². The Morgan fingerprint density at radius 1 is 1.44 bits per heavy atom. The van der Waals surface area contributed by atoms with Gasteiger partial charge in [0.05, 0.1) is 11.3 Å². The first-order valence-corrected chi connectivity index (χ1v) is 5.86. The molecule has 1 saturated heterocycles. The normalized spacial score (nSPS) is 22.2. The second kappa shape index (κ2) is 5.32. The summed E-state index contributed by atoms with van der Waals surface area (Å²) in [5.41, 5.74) is -0.499. The monoisotopic (exact) mass is 227 g/mol. The maximum Gasteiger partial charge on any atom is 0.311 e. The smallest absolute Gasteiger partial charge is 0.311 e. The van der Waals surface area contributed by atoms with Crippen LogP contribution in [0.3, 0.4) is 0 Å². The molecule has 1 aliphatic rings. The van der Waals surface area contributed by atoms with Crippen molar-refractivity contribution in [1.82, 2.24) is 5.32 Å². The minimum absolute atomic E-state index is 0.0132. The first-order valence-electron chi connectivity index (χ1n) is 5.86. The van der Waals surface area contributed by atoms with Gasteiger partial charge in [-0.3, -0.25) is 9.59 Å². The quantitative estimate of drug-likeness (QED) is 0.727. The summed E-state index contributed by atoms with van der Waals surface area (Å²) in [5, 5.41) is 2.83. The fraction of sp³-hybridized carbons (Fsp3) is 0.833. The Labute approximate surface area is 96.7 Å². The van der Waals surface area contributed by atoms with Crippen LogP contribution in [0.2, 0.25) is 0 Å². The lowest BCUT2D eigenvalue weighted by atomic mass is 9.97. The highest BCUT2D eigenvalue weighted by molar-refractivity contribution is 5.80. The summed E-state index contributed by atoms with van der Waals surface area (Å²) in [6.07, 6.45) is 2.83. The van der Waals surface area contributed by atoms with Crippen LogP contribution in [0.5, 0.6) is 0 Å². The Morgan fingerprint density at radius 3 is 2.75 bits per heavy atom. The van der Waals surface area contributed by atoms with Crippen LogP contribution in [-0.2, 0) is 14.3 Å². The van der Waals surface area contributed by atoms with Gasteiger partial charge in [-0.15, -0.1) is 0 Å². The summed E-state index contributed by atoms with van der Waals surface area (Å²) in [6.45, 7) is 6.37. The van der Waals surface area contributed by atoms with Gasteiger partial charge in [-0.05, 0) is 33.6 Å². The molecule has 0 aromatic carbocycles. The Hall–Kier alpha value is -1.06. The van der Waals surface area contributed by atoms with Gasteiger partial charge in [-0.25, -0.2) is 0 Å². The van der Waals surface area contributed by atoms with Gasteiger partial charge >= 0.3 is 5.97 Å². The molecule has 92 valence electrons. The van der Waals surface area contributed by atoms with Gasteiger partial charge in [0.1, 0.15) is 6.61 Å². The lowest BCUT2D eigenvalue weighted by Gasteiger charge is -2.19. The van der Waals surface area contributed by atoms with Crippen LogP contribution in [0.1, 0.15) is 40.0 Å². The maximum absolute atomic E-state index is 11.6. The summed E-state index contributed by atoms with van der Waals surface area (Å²) in [4.78, 5) is 23.1. The predicted octanol–water partition coefficient (Wildman–Crippen LogP) is 1.49. The van der Waals surface area contributed by atoms with Crippen LogP contribution < -0.4 is 5.32 Å². The molecule has 0 aromatic rings. The SMILES string of the molecule is CC(C)(C)C(=O)OCC1CCCCNC1=O. The zero-order valence-corrected chi connectivity index (χ0v) is 10.3. The van der Waals surface area contributed by atoms with Crippen molar-refractivity contribution in [1.29, 1.82) is 0 Å². The van der Waals surface area contributed by atoms with E-state index in [1.54, 1.807) is 0 Å². The maximum atomic E-state index is 11.6. The largest absolute Gasteiger partial charge is 0.464 e. The van der Waals surface area contributed by atoms with Crippen LogP contribution in [0.15, 0.2) is 0 Å². The number of carbonyl (C=O) groups excluding carboxylic acids is 2. The summed E-state index contributed by atoms with van der Waals surface area (Å²) in [7, 11) is 0. The number of carbonyl (C=O) groups is 2. The third-order valence-electron chi connectivity index (χ3n) is 2.68. The van der Waals surface area contributed by atoms with Crippen molar-refractivity contribution in [3.63, 3.8) is 0 Å². The molecule has 1 rings (SSSR count). The molecule has 1 aliphatic heterocycles. The zero-order valence-electron chi connectivity index (χ0n) is 10.3. The summed E-state index contributed by atoms with van der Waals surface area (Å²) >= 11 is 0. The minimum atomic E-state index is -0.499. The van der Waals surface area contributed by atoms with Crippen LogP contribution in [0.25, 0.3) is 0 Å². The average Bonchev–Trinajstić information content (AvgIpc) is 2.38. The van der Waals surface area contributed by atoms with Gasteiger partial charge in [0.2, 0.25) is 5.91 Å². The highest BCUT2D eigenvalue weighted by atomic mass is 16.5. The van der Waals surface area contributed by atoms with Gasteiger partial charge < -0.3 is 10.1 Å². The van der Waals surface area contributed by atoms with Crippen LogP contribution in [0, 0.1) is 11.3 Å². The van der Waals surface area contributed by atoms with Crippen molar-refractivity contribution in [3.05, 3.63) is 0 Å². The molecule has 0 aromatic heterocycles. The third kappa shape index (κ3) is 3.83. The fourth-order valence-electron chi connectivity index (χ4n) is 1.55. The molecule has 1 heterocycles. The highest BCUT2D eigenvalue weighted by Crippen LogP contribution is 2.18. The van der Waals surface area contributed by atoms with E-state index in [2.05, 4.69) is 5.32 Å².